The molecule has 11 nitrogen and oxygen atoms in total. The summed E-state index contributed by atoms with van der Waals surface area (Å²) in [6.45, 7) is 4.09. The molecule has 0 radical (unpaired) electrons. The minimum atomic E-state index is -1.58. The van der Waals surface area contributed by atoms with Crippen molar-refractivity contribution in [3.63, 3.8) is 0 Å². The Labute approximate surface area is 559 Å². The van der Waals surface area contributed by atoms with Gasteiger partial charge in [0.15, 0.2) is 6.29 Å². The fourth-order valence-corrected chi connectivity index (χ4v) is 11.8. The minimum absolute atomic E-state index is 0.00558. The lowest BCUT2D eigenvalue weighted by Gasteiger charge is -2.40. The molecule has 1 aliphatic heterocycles. The van der Waals surface area contributed by atoms with Crippen molar-refractivity contribution >= 4 is 11.9 Å². The molecule has 11 heteroatoms. The molecule has 7 atom stereocenters. The van der Waals surface area contributed by atoms with Crippen molar-refractivity contribution < 1.29 is 49.3 Å². The van der Waals surface area contributed by atoms with Gasteiger partial charge in [0.05, 0.1) is 32.0 Å². The van der Waals surface area contributed by atoms with Crippen molar-refractivity contribution in [2.75, 3.05) is 19.8 Å². The number of aliphatic hydroxyl groups excluding tert-OH is 5. The molecule has 0 aromatic heterocycles. The van der Waals surface area contributed by atoms with Gasteiger partial charge in [0, 0.05) is 12.8 Å². The first-order chi connectivity index (χ1) is 44.7. The molecule has 7 unspecified atom stereocenters. The largest absolute Gasteiger partial charge is 0.466 e. The third-order valence-electron chi connectivity index (χ3n) is 17.8. The molecule has 91 heavy (non-hydrogen) atoms. The zero-order valence-electron chi connectivity index (χ0n) is 58.8. The molecule has 1 heterocycles. The van der Waals surface area contributed by atoms with E-state index in [-0.39, 0.29) is 18.5 Å². The van der Waals surface area contributed by atoms with Crippen LogP contribution < -0.4 is 5.32 Å². The fourth-order valence-electron chi connectivity index (χ4n) is 11.8. The first-order valence-electron chi connectivity index (χ1n) is 38.3. The van der Waals surface area contributed by atoms with Gasteiger partial charge in [0.1, 0.15) is 24.4 Å². The lowest BCUT2D eigenvalue weighted by Crippen LogP contribution is -2.60. The average molecular weight is 1280 g/mol. The van der Waals surface area contributed by atoms with Crippen LogP contribution in [0.3, 0.4) is 0 Å². The van der Waals surface area contributed by atoms with Gasteiger partial charge in [-0.2, -0.15) is 0 Å². The quantitative estimate of drug-likeness (QED) is 0.0195. The Morgan fingerprint density at radius 3 is 1.21 bits per heavy atom. The summed E-state index contributed by atoms with van der Waals surface area (Å²) in [7, 11) is 0. The molecule has 0 saturated carbocycles. The fraction of sp³-hybridized carbons (Fsp3) is 0.800. The Balaban J connectivity index is 1.88. The highest BCUT2D eigenvalue weighted by Crippen LogP contribution is 2.23. The second-order valence-corrected chi connectivity index (χ2v) is 26.3. The topological polar surface area (TPSA) is 175 Å². The summed E-state index contributed by atoms with van der Waals surface area (Å²) in [6.07, 6.45) is 85.0. The summed E-state index contributed by atoms with van der Waals surface area (Å²) >= 11 is 0. The first-order valence-corrected chi connectivity index (χ1v) is 38.3. The van der Waals surface area contributed by atoms with Gasteiger partial charge >= 0.3 is 5.97 Å². The Morgan fingerprint density at radius 2 is 0.791 bits per heavy atom. The van der Waals surface area contributed by atoms with Crippen LogP contribution in [0.25, 0.3) is 0 Å². The van der Waals surface area contributed by atoms with E-state index in [0.717, 1.165) is 77.0 Å². The monoisotopic (exact) mass is 1280 g/mol. The van der Waals surface area contributed by atoms with E-state index in [2.05, 4.69) is 79.1 Å². The summed E-state index contributed by atoms with van der Waals surface area (Å²) in [5.74, 6) is -0.192. The average Bonchev–Trinajstić information content (AvgIpc) is 1.82. The van der Waals surface area contributed by atoms with E-state index in [4.69, 9.17) is 14.2 Å². The van der Waals surface area contributed by atoms with Gasteiger partial charge in [0.2, 0.25) is 5.91 Å². The van der Waals surface area contributed by atoms with E-state index in [1.54, 1.807) is 6.08 Å². The molecule has 0 spiro atoms. The van der Waals surface area contributed by atoms with Gasteiger partial charge in [-0.15, -0.1) is 0 Å². The van der Waals surface area contributed by atoms with Crippen LogP contribution in [0, 0.1) is 0 Å². The van der Waals surface area contributed by atoms with Gasteiger partial charge < -0.3 is 45.1 Å². The number of unbranched alkanes of at least 4 members (excludes halogenated alkanes) is 42. The number of amides is 1. The summed E-state index contributed by atoms with van der Waals surface area (Å²) in [5, 5.41) is 54.3. The smallest absolute Gasteiger partial charge is 0.305 e. The number of esters is 1. The number of rotatable bonds is 67. The van der Waals surface area contributed by atoms with Crippen molar-refractivity contribution in [3.8, 4) is 0 Å². The van der Waals surface area contributed by atoms with E-state index in [1.165, 1.54) is 244 Å². The zero-order valence-corrected chi connectivity index (χ0v) is 58.8. The highest BCUT2D eigenvalue weighted by molar-refractivity contribution is 5.76. The van der Waals surface area contributed by atoms with Crippen LogP contribution in [-0.2, 0) is 23.8 Å². The molecule has 1 saturated heterocycles. The van der Waals surface area contributed by atoms with Crippen molar-refractivity contribution in [2.45, 2.75) is 391 Å². The van der Waals surface area contributed by atoms with Gasteiger partial charge in [-0.05, 0) is 116 Å². The molecule has 0 bridgehead atoms. The van der Waals surface area contributed by atoms with Crippen LogP contribution in [0.2, 0.25) is 0 Å². The van der Waals surface area contributed by atoms with Crippen LogP contribution >= 0.6 is 0 Å². The van der Waals surface area contributed by atoms with Crippen LogP contribution in [0.1, 0.15) is 348 Å². The summed E-state index contributed by atoms with van der Waals surface area (Å²) < 4.78 is 16.7. The zero-order chi connectivity index (χ0) is 65.8. The minimum Gasteiger partial charge on any atom is -0.466 e. The van der Waals surface area contributed by atoms with Gasteiger partial charge in [-0.1, -0.05) is 304 Å². The molecular weight excluding hydrogens is 1130 g/mol. The number of carbonyl (C=O) groups is 2. The molecule has 6 N–H and O–H groups in total. The first kappa shape index (κ1) is 85.9. The summed E-state index contributed by atoms with van der Waals surface area (Å²) in [6, 6.07) is -0.833. The molecule has 0 aromatic carbocycles. The molecule has 1 fully saturated rings. The number of hydrogen-bond acceptors (Lipinski definition) is 10. The lowest BCUT2D eigenvalue weighted by atomic mass is 9.99. The maximum atomic E-state index is 13.0. The van der Waals surface area contributed by atoms with Gasteiger partial charge in [-0.25, -0.2) is 0 Å². The SMILES string of the molecule is C/C=C/CC/C=C/CC/C=C/C(O)C(COC1OC(CO)C(O)C(O)C1O)NC(=O)CCCCCCCCCCCCCCCCCCC/C=C\C/C=C\CCCCCCCCCCCCCOC(=O)CCCCCCCCCCC/C=C\C/C=C\CCCCC. The Kier molecular flexibility index (Phi) is 64.4. The summed E-state index contributed by atoms with van der Waals surface area (Å²) in [4.78, 5) is 25.1. The molecule has 1 rings (SSSR count). The predicted molar refractivity (Wildman–Crippen MR) is 384 cm³/mol. The second-order valence-electron chi connectivity index (χ2n) is 26.3. The lowest BCUT2D eigenvalue weighted by molar-refractivity contribution is -0.302. The van der Waals surface area contributed by atoms with Crippen molar-refractivity contribution in [1.29, 1.82) is 0 Å². The summed E-state index contributed by atoms with van der Waals surface area (Å²) in [5.41, 5.74) is 0. The molecule has 0 aromatic rings. The number of hydrogen-bond donors (Lipinski definition) is 6. The Bertz CT molecular complexity index is 1790. The highest BCUT2D eigenvalue weighted by Gasteiger charge is 2.44. The molecule has 528 valence electrons. The van der Waals surface area contributed by atoms with E-state index in [1.807, 2.05) is 19.1 Å². The van der Waals surface area contributed by atoms with E-state index in [9.17, 15) is 35.1 Å². The highest BCUT2D eigenvalue weighted by atomic mass is 16.7. The normalized spacial score (nSPS) is 18.1. The second kappa shape index (κ2) is 68.2. The van der Waals surface area contributed by atoms with Crippen LogP contribution in [-0.4, -0.2) is 100 Å². The molecule has 0 aliphatic carbocycles. The number of ether oxygens (including phenoxy) is 3. The maximum Gasteiger partial charge on any atom is 0.305 e. The number of nitrogens with one attached hydrogen (secondary N) is 1. The van der Waals surface area contributed by atoms with Gasteiger partial charge in [0.25, 0.3) is 0 Å². The number of allylic oxidation sites excluding steroid dienone is 13. The predicted octanol–water partition coefficient (Wildman–Crippen LogP) is 20.4. The number of aliphatic hydroxyl groups is 5. The van der Waals surface area contributed by atoms with E-state index >= 15 is 0 Å². The Hall–Kier alpha value is -3.16. The van der Waals surface area contributed by atoms with Crippen molar-refractivity contribution in [2.24, 2.45) is 0 Å². The Morgan fingerprint density at radius 1 is 0.429 bits per heavy atom. The van der Waals surface area contributed by atoms with E-state index < -0.39 is 49.5 Å². The third-order valence-corrected chi connectivity index (χ3v) is 17.8. The van der Waals surface area contributed by atoms with E-state index in [0.29, 0.717) is 19.4 Å². The van der Waals surface area contributed by atoms with Gasteiger partial charge in [-0.3, -0.25) is 9.59 Å². The maximum absolute atomic E-state index is 13.0. The number of carbonyl (C=O) groups excluding carboxylic acids is 2. The molecule has 1 aliphatic rings. The van der Waals surface area contributed by atoms with Crippen molar-refractivity contribution in [3.05, 3.63) is 85.1 Å². The van der Waals surface area contributed by atoms with Crippen molar-refractivity contribution in [1.82, 2.24) is 5.32 Å². The van der Waals surface area contributed by atoms with Crippen LogP contribution in [0.5, 0.6) is 0 Å². The molecule has 1 amide bonds. The molecular formula is C80H143NO10. The van der Waals surface area contributed by atoms with Crippen LogP contribution in [0.4, 0.5) is 0 Å². The van der Waals surface area contributed by atoms with Crippen LogP contribution in [0.15, 0.2) is 85.1 Å². The standard InChI is InChI=1S/C80H143NO10/c1-3-5-7-9-11-13-14-15-16-17-35-39-42-45-48-52-56-60-64-68-76(85)89-69-65-61-57-53-49-46-43-40-37-34-32-30-28-26-24-22-20-18-19-21-23-25-27-29-31-33-36-38-41-44-47-51-55-59-63-67-75(84)81-72(73(83)66-62-58-54-50-12-10-8-6-4-2)71-90-80-79(88)78(87)77(86)74(70-82)91-80/h4,6,11-13,15-16,20,22,26,28,50,62,66,72-74,77-80,82-83,86-88H,3,5,7-10,14,17-19,21,23-25,27,29-49,51-61,63-65,67-71H2,1-2H3,(H,81,84)/b6-4+,13-11-,16-15-,22-20-,28-26-,50-12+,66-62+. The third kappa shape index (κ3) is 56.9.